The van der Waals surface area contributed by atoms with E-state index in [0.717, 1.165) is 33.7 Å². The third-order valence-electron chi connectivity index (χ3n) is 5.17. The Morgan fingerprint density at radius 2 is 1.59 bits per heavy atom. The molecule has 2 aromatic carbocycles. The fourth-order valence-corrected chi connectivity index (χ4v) is 4.79. The number of anilines is 1. The monoisotopic (exact) mass is 452 g/mol. The summed E-state index contributed by atoms with van der Waals surface area (Å²) in [6, 6.07) is 13.5. The second kappa shape index (κ2) is 8.16. The number of aryl methyl sites for hydroxylation is 3. The third-order valence-corrected chi connectivity index (χ3v) is 6.55. The van der Waals surface area contributed by atoms with Crippen LogP contribution in [0.15, 0.2) is 53.4 Å². The zero-order chi connectivity index (χ0) is 23.0. The van der Waals surface area contributed by atoms with Gasteiger partial charge in [0.2, 0.25) is 0 Å². The minimum Gasteiger partial charge on any atom is -0.493 e. The van der Waals surface area contributed by atoms with E-state index in [-0.39, 0.29) is 4.90 Å². The highest BCUT2D eigenvalue weighted by Gasteiger charge is 2.18. The Hall–Kier alpha value is -3.59. The van der Waals surface area contributed by atoms with Crippen molar-refractivity contribution in [1.82, 2.24) is 14.8 Å². The number of nitrogens with zero attached hydrogens (tertiary/aromatic N) is 3. The molecule has 0 aliphatic rings. The van der Waals surface area contributed by atoms with Crippen LogP contribution < -0.4 is 14.2 Å². The molecular weight excluding hydrogens is 428 g/mol. The van der Waals surface area contributed by atoms with Crippen molar-refractivity contribution in [1.29, 1.82) is 0 Å². The van der Waals surface area contributed by atoms with Crippen LogP contribution in [0.25, 0.3) is 16.7 Å². The van der Waals surface area contributed by atoms with Crippen LogP contribution in [0.2, 0.25) is 0 Å². The molecule has 0 aliphatic heterocycles. The van der Waals surface area contributed by atoms with Crippen LogP contribution in [0, 0.1) is 20.8 Å². The first kappa shape index (κ1) is 21.6. The van der Waals surface area contributed by atoms with Crippen molar-refractivity contribution in [2.75, 3.05) is 18.9 Å². The Bertz CT molecular complexity index is 1410. The summed E-state index contributed by atoms with van der Waals surface area (Å²) >= 11 is 0. The van der Waals surface area contributed by atoms with Crippen LogP contribution in [-0.4, -0.2) is 37.4 Å². The molecule has 0 unspecified atom stereocenters. The van der Waals surface area contributed by atoms with Gasteiger partial charge < -0.3 is 9.47 Å². The van der Waals surface area contributed by atoms with E-state index in [1.807, 2.05) is 26.8 Å². The van der Waals surface area contributed by atoms with Crippen LogP contribution in [0.1, 0.15) is 17.0 Å². The molecule has 4 aromatic rings. The first-order valence-corrected chi connectivity index (χ1v) is 11.4. The maximum absolute atomic E-state index is 12.8. The van der Waals surface area contributed by atoms with E-state index in [1.165, 1.54) is 26.4 Å². The van der Waals surface area contributed by atoms with Crippen molar-refractivity contribution < 1.29 is 17.9 Å². The molecule has 0 amide bonds. The van der Waals surface area contributed by atoms with E-state index < -0.39 is 10.0 Å². The van der Waals surface area contributed by atoms with Crippen LogP contribution in [0.4, 0.5) is 5.69 Å². The Kier molecular flexibility index (Phi) is 5.52. The van der Waals surface area contributed by atoms with E-state index in [4.69, 9.17) is 9.47 Å². The molecule has 9 heteroatoms. The van der Waals surface area contributed by atoms with Gasteiger partial charge in [-0.15, -0.1) is 0 Å². The first-order valence-electron chi connectivity index (χ1n) is 9.92. The van der Waals surface area contributed by atoms with Gasteiger partial charge in [-0.2, -0.15) is 5.10 Å². The minimum atomic E-state index is -3.81. The van der Waals surface area contributed by atoms with Gasteiger partial charge in [0.15, 0.2) is 17.1 Å². The lowest BCUT2D eigenvalue weighted by molar-refractivity contribution is 0.354. The summed E-state index contributed by atoms with van der Waals surface area (Å²) in [6.07, 6.45) is 0. The van der Waals surface area contributed by atoms with Gasteiger partial charge in [-0.3, -0.25) is 4.72 Å². The van der Waals surface area contributed by atoms with Crippen molar-refractivity contribution in [3.05, 3.63) is 65.5 Å². The molecule has 0 saturated carbocycles. The number of hydrogen-bond acceptors (Lipinski definition) is 6. The smallest absolute Gasteiger partial charge is 0.262 e. The number of hydrogen-bond donors (Lipinski definition) is 1. The number of sulfonamides is 1. The van der Waals surface area contributed by atoms with Crippen LogP contribution >= 0.6 is 0 Å². The molecule has 32 heavy (non-hydrogen) atoms. The number of ether oxygens (including phenoxy) is 2. The average molecular weight is 453 g/mol. The molecule has 8 nitrogen and oxygen atoms in total. The number of pyridine rings is 1. The van der Waals surface area contributed by atoms with Gasteiger partial charge in [0.05, 0.1) is 30.5 Å². The number of rotatable bonds is 6. The summed E-state index contributed by atoms with van der Waals surface area (Å²) in [5.74, 6) is 0.793. The van der Waals surface area contributed by atoms with E-state index in [0.29, 0.717) is 17.2 Å². The summed E-state index contributed by atoms with van der Waals surface area (Å²) in [5, 5.41) is 5.66. The van der Waals surface area contributed by atoms with E-state index in [1.54, 1.807) is 35.0 Å². The highest BCUT2D eigenvalue weighted by Crippen LogP contribution is 2.30. The quantitative estimate of drug-likeness (QED) is 0.472. The van der Waals surface area contributed by atoms with Crippen molar-refractivity contribution in [3.8, 4) is 17.2 Å². The fourth-order valence-electron chi connectivity index (χ4n) is 3.71. The third kappa shape index (κ3) is 3.87. The average Bonchev–Trinajstić information content (AvgIpc) is 3.09. The second-order valence-electron chi connectivity index (χ2n) is 7.45. The molecule has 0 bridgehead atoms. The van der Waals surface area contributed by atoms with Gasteiger partial charge in [-0.05, 0) is 68.8 Å². The molecule has 0 aliphatic carbocycles. The zero-order valence-corrected chi connectivity index (χ0v) is 19.3. The first-order chi connectivity index (χ1) is 15.2. The van der Waals surface area contributed by atoms with E-state index in [9.17, 15) is 8.42 Å². The van der Waals surface area contributed by atoms with Crippen molar-refractivity contribution in [2.45, 2.75) is 25.7 Å². The normalized spacial score (nSPS) is 11.5. The van der Waals surface area contributed by atoms with Gasteiger partial charge >= 0.3 is 0 Å². The maximum Gasteiger partial charge on any atom is 0.262 e. The molecule has 0 fully saturated rings. The molecular formula is C23H24N4O4S. The van der Waals surface area contributed by atoms with Gasteiger partial charge in [-0.25, -0.2) is 18.1 Å². The Balaban J connectivity index is 1.65. The van der Waals surface area contributed by atoms with E-state index in [2.05, 4.69) is 14.8 Å². The molecule has 2 aromatic heterocycles. The van der Waals surface area contributed by atoms with Crippen LogP contribution in [-0.2, 0) is 10.0 Å². The summed E-state index contributed by atoms with van der Waals surface area (Å²) in [7, 11) is -0.859. The lowest BCUT2D eigenvalue weighted by Gasteiger charge is -2.12. The second-order valence-corrected chi connectivity index (χ2v) is 9.13. The molecule has 0 saturated heterocycles. The maximum atomic E-state index is 12.8. The Labute approximate surface area is 186 Å². The molecule has 4 rings (SSSR count). The zero-order valence-electron chi connectivity index (χ0n) is 18.5. The highest BCUT2D eigenvalue weighted by atomic mass is 32.2. The van der Waals surface area contributed by atoms with Crippen molar-refractivity contribution in [2.24, 2.45) is 0 Å². The van der Waals surface area contributed by atoms with Crippen LogP contribution in [0.5, 0.6) is 11.5 Å². The summed E-state index contributed by atoms with van der Waals surface area (Å²) in [6.45, 7) is 5.95. The topological polar surface area (TPSA) is 95.3 Å². The predicted molar refractivity (Wildman–Crippen MR) is 123 cm³/mol. The SMILES string of the molecule is COc1ccc(S(=O)(=O)Nc2ccc(-n3nc(C)c4c(C)cc(C)nc43)cc2)cc1OC. The number of fused-ring (bicyclic) bond motifs is 1. The molecule has 1 N–H and O–H groups in total. The van der Waals surface area contributed by atoms with Gasteiger partial charge in [-0.1, -0.05) is 0 Å². The van der Waals surface area contributed by atoms with Crippen molar-refractivity contribution in [3.63, 3.8) is 0 Å². The molecule has 166 valence electrons. The number of nitrogens with one attached hydrogen (secondary N) is 1. The largest absolute Gasteiger partial charge is 0.493 e. The molecule has 0 radical (unpaired) electrons. The lowest BCUT2D eigenvalue weighted by atomic mass is 10.1. The Morgan fingerprint density at radius 1 is 0.906 bits per heavy atom. The molecule has 2 heterocycles. The standard InChI is InChI=1S/C23H24N4O4S/c1-14-12-15(2)24-23-22(14)16(3)25-27(23)18-8-6-17(7-9-18)26-32(28,29)19-10-11-20(30-4)21(13-19)31-5/h6-13,26H,1-5H3. The van der Waals surface area contributed by atoms with Crippen LogP contribution in [0.3, 0.4) is 0 Å². The van der Waals surface area contributed by atoms with Crippen molar-refractivity contribution >= 4 is 26.7 Å². The van der Waals surface area contributed by atoms with Gasteiger partial charge in [0, 0.05) is 22.8 Å². The van der Waals surface area contributed by atoms with Gasteiger partial charge in [0.25, 0.3) is 10.0 Å². The lowest BCUT2D eigenvalue weighted by Crippen LogP contribution is -2.13. The number of methoxy groups -OCH3 is 2. The summed E-state index contributed by atoms with van der Waals surface area (Å²) in [4.78, 5) is 4.72. The molecule has 0 atom stereocenters. The number of benzene rings is 2. The Morgan fingerprint density at radius 3 is 2.25 bits per heavy atom. The summed E-state index contributed by atoms with van der Waals surface area (Å²) in [5.41, 5.74) is 4.92. The minimum absolute atomic E-state index is 0.0723. The molecule has 0 spiro atoms. The summed E-state index contributed by atoms with van der Waals surface area (Å²) < 4.78 is 40.4. The van der Waals surface area contributed by atoms with E-state index >= 15 is 0 Å². The fraction of sp³-hybridized carbons (Fsp3) is 0.217. The van der Waals surface area contributed by atoms with Gasteiger partial charge in [0.1, 0.15) is 0 Å². The predicted octanol–water partition coefficient (Wildman–Crippen LogP) is 4.16. The highest BCUT2D eigenvalue weighted by molar-refractivity contribution is 7.92. The number of aromatic nitrogens is 3.